The van der Waals surface area contributed by atoms with Crippen molar-refractivity contribution in [2.75, 3.05) is 13.1 Å². The Morgan fingerprint density at radius 3 is 2.86 bits per heavy atom. The summed E-state index contributed by atoms with van der Waals surface area (Å²) in [4.78, 5) is 18.1. The van der Waals surface area contributed by atoms with Gasteiger partial charge in [0.25, 0.3) is 0 Å². The Hall–Kier alpha value is -1.56. The van der Waals surface area contributed by atoms with Crippen LogP contribution in [0.25, 0.3) is 0 Å². The molecule has 1 saturated heterocycles. The largest absolute Gasteiger partial charge is 0.444 e. The van der Waals surface area contributed by atoms with Crippen LogP contribution in [0.4, 0.5) is 4.79 Å². The molecular formula is C16H26N4O2. The van der Waals surface area contributed by atoms with E-state index < -0.39 is 5.60 Å². The molecule has 1 saturated carbocycles. The highest BCUT2D eigenvalue weighted by molar-refractivity contribution is 5.68. The van der Waals surface area contributed by atoms with E-state index in [1.165, 1.54) is 18.5 Å². The molecule has 0 radical (unpaired) electrons. The summed E-state index contributed by atoms with van der Waals surface area (Å²) in [6.07, 6.45) is 7.15. The van der Waals surface area contributed by atoms with E-state index in [9.17, 15) is 4.79 Å². The zero-order valence-corrected chi connectivity index (χ0v) is 13.7. The summed E-state index contributed by atoms with van der Waals surface area (Å²) in [5.41, 5.74) is 0.803. The standard InChI is InChI=1S/C16H26N4O2/c1-16(2,3)22-15(21)19-7-6-12(10-19)18-9-14-8-17-11-20(14)13-4-5-13/h8,11-13,18H,4-7,9-10H2,1-3H3. The van der Waals surface area contributed by atoms with E-state index in [2.05, 4.69) is 14.9 Å². The van der Waals surface area contributed by atoms with Crippen molar-refractivity contribution < 1.29 is 9.53 Å². The van der Waals surface area contributed by atoms with Gasteiger partial charge < -0.3 is 19.5 Å². The Kier molecular flexibility index (Phi) is 4.12. The molecule has 122 valence electrons. The lowest BCUT2D eigenvalue weighted by Crippen LogP contribution is -2.38. The van der Waals surface area contributed by atoms with Gasteiger partial charge >= 0.3 is 6.09 Å². The number of nitrogens with one attached hydrogen (secondary N) is 1. The minimum absolute atomic E-state index is 0.208. The van der Waals surface area contributed by atoms with Crippen molar-refractivity contribution in [1.82, 2.24) is 19.8 Å². The number of imidazole rings is 1. The first kappa shape index (κ1) is 15.3. The third-order valence-electron chi connectivity index (χ3n) is 4.10. The number of ether oxygens (including phenoxy) is 1. The fourth-order valence-corrected chi connectivity index (χ4v) is 2.82. The highest BCUT2D eigenvalue weighted by Gasteiger charge is 2.30. The maximum Gasteiger partial charge on any atom is 0.410 e. The minimum atomic E-state index is -0.431. The number of carbonyl (C=O) groups is 1. The lowest BCUT2D eigenvalue weighted by Gasteiger charge is -2.24. The summed E-state index contributed by atoms with van der Waals surface area (Å²) < 4.78 is 7.70. The Morgan fingerprint density at radius 1 is 1.41 bits per heavy atom. The Bertz CT molecular complexity index is 530. The van der Waals surface area contributed by atoms with Gasteiger partial charge in [0.1, 0.15) is 5.60 Å². The maximum absolute atomic E-state index is 12.1. The van der Waals surface area contributed by atoms with Crippen LogP contribution in [-0.4, -0.2) is 45.3 Å². The summed E-state index contributed by atoms with van der Waals surface area (Å²) in [6.45, 7) is 7.98. The molecular weight excluding hydrogens is 280 g/mol. The highest BCUT2D eigenvalue weighted by atomic mass is 16.6. The Balaban J connectivity index is 1.47. The SMILES string of the molecule is CC(C)(C)OC(=O)N1CCC(NCc2cncn2C2CC2)C1. The van der Waals surface area contributed by atoms with Crippen molar-refractivity contribution in [3.05, 3.63) is 18.2 Å². The molecule has 1 aromatic rings. The topological polar surface area (TPSA) is 59.4 Å². The summed E-state index contributed by atoms with van der Waals surface area (Å²) in [5, 5.41) is 3.54. The molecule has 3 rings (SSSR count). The van der Waals surface area contributed by atoms with Crippen LogP contribution in [0.2, 0.25) is 0 Å². The zero-order valence-electron chi connectivity index (χ0n) is 13.7. The molecule has 2 fully saturated rings. The van der Waals surface area contributed by atoms with E-state index in [0.717, 1.165) is 19.5 Å². The van der Waals surface area contributed by atoms with E-state index in [4.69, 9.17) is 4.74 Å². The molecule has 1 aliphatic carbocycles. The van der Waals surface area contributed by atoms with Gasteiger partial charge in [-0.3, -0.25) is 0 Å². The molecule has 0 aromatic carbocycles. The lowest BCUT2D eigenvalue weighted by molar-refractivity contribution is 0.0291. The van der Waals surface area contributed by atoms with Gasteiger partial charge in [-0.25, -0.2) is 9.78 Å². The quantitative estimate of drug-likeness (QED) is 0.927. The average Bonchev–Trinajstić information content (AvgIpc) is 2.99. The number of rotatable bonds is 4. The third kappa shape index (κ3) is 3.80. The van der Waals surface area contributed by atoms with E-state index in [1.807, 2.05) is 33.3 Å². The number of carbonyl (C=O) groups excluding carboxylic acids is 1. The second kappa shape index (κ2) is 5.91. The van der Waals surface area contributed by atoms with Crippen LogP contribution in [-0.2, 0) is 11.3 Å². The van der Waals surface area contributed by atoms with Crippen LogP contribution in [0.3, 0.4) is 0 Å². The van der Waals surface area contributed by atoms with E-state index in [0.29, 0.717) is 18.6 Å². The van der Waals surface area contributed by atoms with Gasteiger partial charge in [0.2, 0.25) is 0 Å². The van der Waals surface area contributed by atoms with Crippen LogP contribution < -0.4 is 5.32 Å². The first-order valence-electron chi connectivity index (χ1n) is 8.14. The average molecular weight is 306 g/mol. The van der Waals surface area contributed by atoms with Crippen molar-refractivity contribution in [3.63, 3.8) is 0 Å². The second-order valence-corrected chi connectivity index (χ2v) is 7.32. The van der Waals surface area contributed by atoms with Gasteiger partial charge in [-0.1, -0.05) is 0 Å². The van der Waals surface area contributed by atoms with Crippen LogP contribution in [0, 0.1) is 0 Å². The van der Waals surface area contributed by atoms with Crippen LogP contribution >= 0.6 is 0 Å². The normalized spacial score (nSPS) is 22.1. The number of nitrogens with zero attached hydrogens (tertiary/aromatic N) is 3. The molecule has 2 aliphatic rings. The van der Waals surface area contributed by atoms with E-state index >= 15 is 0 Å². The van der Waals surface area contributed by atoms with Gasteiger partial charge in [0, 0.05) is 37.9 Å². The minimum Gasteiger partial charge on any atom is -0.444 e. The first-order chi connectivity index (χ1) is 10.4. The number of aromatic nitrogens is 2. The predicted octanol–water partition coefficient (Wildman–Crippen LogP) is 2.32. The molecule has 1 N–H and O–H groups in total. The molecule has 1 amide bonds. The van der Waals surface area contributed by atoms with Crippen molar-refractivity contribution >= 4 is 6.09 Å². The van der Waals surface area contributed by atoms with E-state index in [-0.39, 0.29) is 6.09 Å². The van der Waals surface area contributed by atoms with Gasteiger partial charge in [-0.15, -0.1) is 0 Å². The van der Waals surface area contributed by atoms with Gasteiger partial charge in [0.05, 0.1) is 12.0 Å². The fraction of sp³-hybridized carbons (Fsp3) is 0.750. The summed E-state index contributed by atoms with van der Waals surface area (Å²) in [7, 11) is 0. The number of likely N-dealkylation sites (tertiary alicyclic amines) is 1. The van der Waals surface area contributed by atoms with Crippen molar-refractivity contribution in [2.45, 2.75) is 64.3 Å². The molecule has 22 heavy (non-hydrogen) atoms. The molecule has 1 aliphatic heterocycles. The Morgan fingerprint density at radius 2 is 2.18 bits per heavy atom. The van der Waals surface area contributed by atoms with Gasteiger partial charge in [-0.05, 0) is 40.0 Å². The summed E-state index contributed by atoms with van der Waals surface area (Å²) >= 11 is 0. The fourth-order valence-electron chi connectivity index (χ4n) is 2.82. The van der Waals surface area contributed by atoms with Gasteiger partial charge in [-0.2, -0.15) is 0 Å². The molecule has 0 bridgehead atoms. The Labute approximate surface area is 131 Å². The summed E-state index contributed by atoms with van der Waals surface area (Å²) in [6, 6.07) is 0.983. The number of hydrogen-bond donors (Lipinski definition) is 1. The van der Waals surface area contributed by atoms with Crippen LogP contribution in [0.1, 0.15) is 51.8 Å². The highest BCUT2D eigenvalue weighted by Crippen LogP contribution is 2.35. The zero-order chi connectivity index (χ0) is 15.7. The maximum atomic E-state index is 12.1. The third-order valence-corrected chi connectivity index (χ3v) is 4.10. The molecule has 6 heteroatoms. The monoisotopic (exact) mass is 306 g/mol. The lowest BCUT2D eigenvalue weighted by atomic mass is 10.2. The molecule has 1 atom stereocenters. The molecule has 6 nitrogen and oxygen atoms in total. The molecule has 2 heterocycles. The van der Waals surface area contributed by atoms with Crippen LogP contribution in [0.15, 0.2) is 12.5 Å². The predicted molar refractivity (Wildman–Crippen MR) is 83.5 cm³/mol. The van der Waals surface area contributed by atoms with Crippen molar-refractivity contribution in [2.24, 2.45) is 0 Å². The molecule has 0 spiro atoms. The summed E-state index contributed by atoms with van der Waals surface area (Å²) in [5.74, 6) is 0. The number of hydrogen-bond acceptors (Lipinski definition) is 4. The molecule has 1 unspecified atom stereocenters. The smallest absolute Gasteiger partial charge is 0.410 e. The molecule has 1 aromatic heterocycles. The van der Waals surface area contributed by atoms with E-state index in [1.54, 1.807) is 4.90 Å². The first-order valence-corrected chi connectivity index (χ1v) is 8.14. The van der Waals surface area contributed by atoms with Crippen molar-refractivity contribution in [1.29, 1.82) is 0 Å². The van der Waals surface area contributed by atoms with Gasteiger partial charge in [0.15, 0.2) is 0 Å². The second-order valence-electron chi connectivity index (χ2n) is 7.32. The van der Waals surface area contributed by atoms with Crippen molar-refractivity contribution in [3.8, 4) is 0 Å². The number of amides is 1. The van der Waals surface area contributed by atoms with Crippen LogP contribution in [0.5, 0.6) is 0 Å².